The molecule has 0 heterocycles. The molecule has 32 heavy (non-hydrogen) atoms. The molecule has 2 nitrogen and oxygen atoms in total. The van der Waals surface area contributed by atoms with Gasteiger partial charge in [-0.05, 0) is 124 Å². The van der Waals surface area contributed by atoms with Gasteiger partial charge in [-0.25, -0.2) is 0 Å². The van der Waals surface area contributed by atoms with Gasteiger partial charge in [0.1, 0.15) is 0 Å². The van der Waals surface area contributed by atoms with Crippen molar-refractivity contribution in [3.05, 3.63) is 0 Å². The number of aliphatic hydroxyl groups is 2. The Labute approximate surface area is 192 Å². The van der Waals surface area contributed by atoms with E-state index in [9.17, 15) is 23.4 Å². The summed E-state index contributed by atoms with van der Waals surface area (Å²) in [6.45, 7) is 6.96. The van der Waals surface area contributed by atoms with Gasteiger partial charge in [0.2, 0.25) is 0 Å². The summed E-state index contributed by atoms with van der Waals surface area (Å²) in [6.07, 6.45) is 5.96. The number of hydrogen-bond donors (Lipinski definition) is 2. The lowest BCUT2D eigenvalue weighted by Gasteiger charge is -2.56. The monoisotopic (exact) mass is 458 g/mol. The van der Waals surface area contributed by atoms with Crippen LogP contribution in [0.25, 0.3) is 0 Å². The number of rotatable bonds is 4. The summed E-state index contributed by atoms with van der Waals surface area (Å²) < 4.78 is 40.6. The molecular formula is C27H45F3O2. The Morgan fingerprint density at radius 2 is 1.56 bits per heavy atom. The molecule has 4 rings (SSSR count). The van der Waals surface area contributed by atoms with Gasteiger partial charge in [0, 0.05) is 0 Å². The standard InChI is InChI=1S/C27H45F3O2/c1-17-8-12-25(31,13-9-17)14-10-19(3)21-6-4-18(2)22-7-5-20-16-26(32,27(28,29)30)15-11-23(20)24(21)22/h17-24,31-32H,4-16H2,1-3H3/t17?,18-,19+,20-,21+,22-,23-,24?,25?,26-/m0/s1. The quantitative estimate of drug-likeness (QED) is 0.471. The molecule has 0 aliphatic heterocycles. The molecule has 0 bridgehead atoms. The third-order valence-electron chi connectivity index (χ3n) is 10.7. The Morgan fingerprint density at radius 1 is 0.875 bits per heavy atom. The molecule has 4 fully saturated rings. The van der Waals surface area contributed by atoms with Crippen LogP contribution in [0.15, 0.2) is 0 Å². The fraction of sp³-hybridized carbons (Fsp3) is 1.00. The first kappa shape index (κ1) is 24.8. The van der Waals surface area contributed by atoms with Crippen LogP contribution >= 0.6 is 0 Å². The van der Waals surface area contributed by atoms with Crippen LogP contribution in [0.5, 0.6) is 0 Å². The predicted octanol–water partition coefficient (Wildman–Crippen LogP) is 7.13. The van der Waals surface area contributed by atoms with Crippen molar-refractivity contribution in [1.82, 2.24) is 0 Å². The predicted molar refractivity (Wildman–Crippen MR) is 121 cm³/mol. The summed E-state index contributed by atoms with van der Waals surface area (Å²) >= 11 is 0. The highest BCUT2D eigenvalue weighted by atomic mass is 19.4. The number of fused-ring (bicyclic) bond motifs is 3. The van der Waals surface area contributed by atoms with E-state index in [1.807, 2.05) is 0 Å². The van der Waals surface area contributed by atoms with Gasteiger partial charge in [0.15, 0.2) is 5.60 Å². The van der Waals surface area contributed by atoms with Gasteiger partial charge in [-0.1, -0.05) is 27.2 Å². The van der Waals surface area contributed by atoms with Crippen LogP contribution < -0.4 is 0 Å². The van der Waals surface area contributed by atoms with Crippen molar-refractivity contribution < 1.29 is 23.4 Å². The van der Waals surface area contributed by atoms with E-state index in [4.69, 9.17) is 0 Å². The van der Waals surface area contributed by atoms with Gasteiger partial charge in [-0.15, -0.1) is 0 Å². The van der Waals surface area contributed by atoms with E-state index in [0.29, 0.717) is 47.8 Å². The van der Waals surface area contributed by atoms with Crippen molar-refractivity contribution in [2.24, 2.45) is 47.3 Å². The van der Waals surface area contributed by atoms with Gasteiger partial charge in [0.05, 0.1) is 5.60 Å². The maximum Gasteiger partial charge on any atom is 0.417 e. The van der Waals surface area contributed by atoms with Gasteiger partial charge in [-0.2, -0.15) is 13.2 Å². The molecule has 0 amide bonds. The van der Waals surface area contributed by atoms with E-state index in [1.165, 1.54) is 12.8 Å². The maximum absolute atomic E-state index is 13.5. The molecule has 5 heteroatoms. The number of hydrogen-bond acceptors (Lipinski definition) is 2. The van der Waals surface area contributed by atoms with E-state index in [0.717, 1.165) is 51.4 Å². The molecule has 0 spiro atoms. The molecular weight excluding hydrogens is 413 g/mol. The summed E-state index contributed by atoms with van der Waals surface area (Å²) in [5.41, 5.74) is -2.99. The van der Waals surface area contributed by atoms with E-state index in [-0.39, 0.29) is 18.8 Å². The third kappa shape index (κ3) is 4.76. The Balaban J connectivity index is 1.45. The molecule has 0 radical (unpaired) electrons. The second kappa shape index (κ2) is 9.06. The fourth-order valence-corrected chi connectivity index (χ4v) is 8.41. The zero-order valence-electron chi connectivity index (χ0n) is 20.3. The van der Waals surface area contributed by atoms with Crippen molar-refractivity contribution in [2.45, 2.75) is 122 Å². The van der Waals surface area contributed by atoms with E-state index >= 15 is 0 Å². The van der Waals surface area contributed by atoms with E-state index in [2.05, 4.69) is 20.8 Å². The highest BCUT2D eigenvalue weighted by Gasteiger charge is 2.60. The second-order valence-electron chi connectivity index (χ2n) is 12.7. The Bertz CT molecular complexity index is 641. The first-order valence-electron chi connectivity index (χ1n) is 13.4. The van der Waals surface area contributed by atoms with Gasteiger partial charge in [-0.3, -0.25) is 0 Å². The minimum atomic E-state index is -4.52. The van der Waals surface area contributed by atoms with Crippen LogP contribution in [0.3, 0.4) is 0 Å². The molecule has 0 saturated heterocycles. The van der Waals surface area contributed by atoms with Crippen LogP contribution in [0.2, 0.25) is 0 Å². The summed E-state index contributed by atoms with van der Waals surface area (Å²) in [4.78, 5) is 0. The van der Waals surface area contributed by atoms with Gasteiger partial charge >= 0.3 is 6.18 Å². The zero-order valence-corrected chi connectivity index (χ0v) is 20.3. The largest absolute Gasteiger partial charge is 0.417 e. The minimum absolute atomic E-state index is 0.000594. The summed E-state index contributed by atoms with van der Waals surface area (Å²) in [5.74, 6) is 3.85. The van der Waals surface area contributed by atoms with Crippen LogP contribution in [0.1, 0.15) is 104 Å². The second-order valence-corrected chi connectivity index (χ2v) is 12.7. The number of halogens is 3. The summed E-state index contributed by atoms with van der Waals surface area (Å²) in [6, 6.07) is 0. The molecule has 0 aromatic carbocycles. The summed E-state index contributed by atoms with van der Waals surface area (Å²) in [7, 11) is 0. The smallest absolute Gasteiger partial charge is 0.390 e. The molecule has 4 saturated carbocycles. The van der Waals surface area contributed by atoms with Crippen molar-refractivity contribution in [2.75, 3.05) is 0 Å². The molecule has 0 aromatic rings. The normalized spacial score (nSPS) is 48.6. The lowest BCUT2D eigenvalue weighted by atomic mass is 9.49. The molecule has 4 aliphatic carbocycles. The maximum atomic E-state index is 13.5. The van der Waals surface area contributed by atoms with Crippen LogP contribution in [-0.2, 0) is 0 Å². The Kier molecular flexibility index (Phi) is 7.03. The number of alkyl halides is 3. The average molecular weight is 459 g/mol. The highest BCUT2D eigenvalue weighted by Crippen LogP contribution is 2.59. The Hall–Kier alpha value is -0.290. The van der Waals surface area contributed by atoms with Gasteiger partial charge < -0.3 is 10.2 Å². The lowest BCUT2D eigenvalue weighted by Crippen LogP contribution is -2.55. The molecule has 186 valence electrons. The van der Waals surface area contributed by atoms with Crippen LogP contribution in [-0.4, -0.2) is 27.6 Å². The molecule has 2 N–H and O–H groups in total. The lowest BCUT2D eigenvalue weighted by molar-refractivity contribution is -0.282. The van der Waals surface area contributed by atoms with E-state index < -0.39 is 17.4 Å². The SMILES string of the molecule is CC1CCC(O)(CC[C@@H](C)[C@H]2CC[C@H](C)[C@@H]3CC[C@H]4C[C@](O)(C(F)(F)F)CC[C@@H]4C32)CC1. The zero-order chi connectivity index (χ0) is 23.3. The van der Waals surface area contributed by atoms with Crippen LogP contribution in [0.4, 0.5) is 13.2 Å². The Morgan fingerprint density at radius 3 is 2.22 bits per heavy atom. The molecule has 1 unspecified atom stereocenters. The molecule has 8 atom stereocenters. The van der Waals surface area contributed by atoms with Crippen LogP contribution in [0, 0.1) is 47.3 Å². The summed E-state index contributed by atoms with van der Waals surface area (Å²) in [5, 5.41) is 21.5. The first-order chi connectivity index (χ1) is 14.9. The third-order valence-corrected chi connectivity index (χ3v) is 10.7. The van der Waals surface area contributed by atoms with Crippen molar-refractivity contribution in [1.29, 1.82) is 0 Å². The van der Waals surface area contributed by atoms with Crippen molar-refractivity contribution in [3.63, 3.8) is 0 Å². The highest BCUT2D eigenvalue weighted by molar-refractivity contribution is 5.03. The van der Waals surface area contributed by atoms with Crippen molar-refractivity contribution >= 4 is 0 Å². The molecule has 0 aromatic heterocycles. The topological polar surface area (TPSA) is 40.5 Å². The fourth-order valence-electron chi connectivity index (χ4n) is 8.41. The minimum Gasteiger partial charge on any atom is -0.390 e. The van der Waals surface area contributed by atoms with E-state index in [1.54, 1.807) is 0 Å². The molecule has 4 aliphatic rings. The first-order valence-corrected chi connectivity index (χ1v) is 13.4. The average Bonchev–Trinajstić information content (AvgIpc) is 2.73. The van der Waals surface area contributed by atoms with Crippen molar-refractivity contribution in [3.8, 4) is 0 Å². The van der Waals surface area contributed by atoms with Gasteiger partial charge in [0.25, 0.3) is 0 Å².